The standard InChI is InChI=1S/C45H30/c1-3-14-30(15-4-1)36-24-13-25-37(31-16-5-2-6-17-31)44(36)45-40-22-11-9-20-38(40)43(39-21-10-12-23-41(39)45)34-27-26-33-28-32-18-7-8-19-35(32)42(33)29-34/h1-27,29H,28H2. The van der Waals surface area contributed by atoms with Gasteiger partial charge in [-0.05, 0) is 101 Å². The third kappa shape index (κ3) is 4.14. The molecule has 8 aromatic carbocycles. The highest BCUT2D eigenvalue weighted by Crippen LogP contribution is 2.50. The summed E-state index contributed by atoms with van der Waals surface area (Å²) >= 11 is 0. The Kier molecular flexibility index (Phi) is 5.99. The normalized spacial score (nSPS) is 11.9. The highest BCUT2D eigenvalue weighted by Gasteiger charge is 2.23. The predicted molar refractivity (Wildman–Crippen MR) is 191 cm³/mol. The molecule has 0 unspecified atom stereocenters. The number of fused-ring (bicyclic) bond motifs is 5. The highest BCUT2D eigenvalue weighted by molar-refractivity contribution is 6.23. The first-order valence-electron chi connectivity index (χ1n) is 15.7. The molecule has 9 rings (SSSR count). The molecule has 0 fully saturated rings. The van der Waals surface area contributed by atoms with Crippen LogP contribution in [0, 0.1) is 0 Å². The van der Waals surface area contributed by atoms with Gasteiger partial charge in [-0.25, -0.2) is 0 Å². The Balaban J connectivity index is 1.40. The van der Waals surface area contributed by atoms with Crippen LogP contribution in [0.4, 0.5) is 0 Å². The van der Waals surface area contributed by atoms with E-state index in [1.54, 1.807) is 0 Å². The Morgan fingerprint density at radius 1 is 0.267 bits per heavy atom. The van der Waals surface area contributed by atoms with Crippen molar-refractivity contribution in [3.63, 3.8) is 0 Å². The van der Waals surface area contributed by atoms with E-state index in [2.05, 4.69) is 170 Å². The highest BCUT2D eigenvalue weighted by atomic mass is 14.3. The predicted octanol–water partition coefficient (Wildman–Crippen LogP) is 12.2. The summed E-state index contributed by atoms with van der Waals surface area (Å²) in [5, 5.41) is 5.10. The van der Waals surface area contributed by atoms with E-state index in [1.165, 1.54) is 88.3 Å². The first-order chi connectivity index (χ1) is 22.3. The Morgan fingerprint density at radius 2 is 0.733 bits per heavy atom. The molecule has 0 spiro atoms. The number of benzene rings is 8. The van der Waals surface area contributed by atoms with Crippen LogP contribution in [0.15, 0.2) is 170 Å². The van der Waals surface area contributed by atoms with E-state index in [9.17, 15) is 0 Å². The van der Waals surface area contributed by atoms with Crippen LogP contribution in [-0.2, 0) is 6.42 Å². The van der Waals surface area contributed by atoms with E-state index < -0.39 is 0 Å². The van der Waals surface area contributed by atoms with Crippen molar-refractivity contribution in [2.45, 2.75) is 6.42 Å². The van der Waals surface area contributed by atoms with Crippen LogP contribution < -0.4 is 0 Å². The van der Waals surface area contributed by atoms with Crippen LogP contribution in [0.1, 0.15) is 11.1 Å². The second-order valence-electron chi connectivity index (χ2n) is 12.0. The lowest BCUT2D eigenvalue weighted by atomic mass is 9.81. The molecule has 0 nitrogen and oxygen atoms in total. The molecule has 0 radical (unpaired) electrons. The smallest absolute Gasteiger partial charge is 0.00134 e. The number of hydrogen-bond donors (Lipinski definition) is 0. The van der Waals surface area contributed by atoms with Gasteiger partial charge >= 0.3 is 0 Å². The van der Waals surface area contributed by atoms with Gasteiger partial charge in [0.25, 0.3) is 0 Å². The van der Waals surface area contributed by atoms with Crippen molar-refractivity contribution in [3.05, 3.63) is 181 Å². The van der Waals surface area contributed by atoms with Gasteiger partial charge in [-0.3, -0.25) is 0 Å². The molecular weight excluding hydrogens is 540 g/mol. The van der Waals surface area contributed by atoms with Gasteiger partial charge in [0.15, 0.2) is 0 Å². The quantitative estimate of drug-likeness (QED) is 0.185. The van der Waals surface area contributed by atoms with Crippen LogP contribution in [0.2, 0.25) is 0 Å². The van der Waals surface area contributed by atoms with Gasteiger partial charge in [-0.1, -0.05) is 164 Å². The van der Waals surface area contributed by atoms with Crippen LogP contribution in [0.5, 0.6) is 0 Å². The van der Waals surface area contributed by atoms with Gasteiger partial charge in [0, 0.05) is 0 Å². The van der Waals surface area contributed by atoms with Crippen LogP contribution >= 0.6 is 0 Å². The van der Waals surface area contributed by atoms with Gasteiger partial charge in [-0.15, -0.1) is 0 Å². The molecule has 0 saturated heterocycles. The van der Waals surface area contributed by atoms with Crippen molar-refractivity contribution in [2.24, 2.45) is 0 Å². The summed E-state index contributed by atoms with van der Waals surface area (Å²) in [4.78, 5) is 0. The van der Waals surface area contributed by atoms with Gasteiger partial charge < -0.3 is 0 Å². The lowest BCUT2D eigenvalue weighted by molar-refractivity contribution is 1.26. The minimum Gasteiger partial charge on any atom is -0.0622 e. The van der Waals surface area contributed by atoms with Crippen molar-refractivity contribution < 1.29 is 0 Å². The van der Waals surface area contributed by atoms with Crippen molar-refractivity contribution >= 4 is 21.5 Å². The topological polar surface area (TPSA) is 0 Å². The van der Waals surface area contributed by atoms with Crippen LogP contribution in [0.3, 0.4) is 0 Å². The maximum atomic E-state index is 2.43. The number of hydrogen-bond acceptors (Lipinski definition) is 0. The van der Waals surface area contributed by atoms with Gasteiger partial charge in [0.1, 0.15) is 0 Å². The number of rotatable bonds is 4. The summed E-state index contributed by atoms with van der Waals surface area (Å²) in [5.74, 6) is 0. The van der Waals surface area contributed by atoms with Gasteiger partial charge in [0.05, 0.1) is 0 Å². The Morgan fingerprint density at radius 3 is 1.33 bits per heavy atom. The average Bonchev–Trinajstić information content (AvgIpc) is 3.49. The first-order valence-corrected chi connectivity index (χ1v) is 15.7. The van der Waals surface area contributed by atoms with Gasteiger partial charge in [-0.2, -0.15) is 0 Å². The van der Waals surface area contributed by atoms with Crippen molar-refractivity contribution in [2.75, 3.05) is 0 Å². The lowest BCUT2D eigenvalue weighted by Gasteiger charge is -2.22. The summed E-state index contributed by atoms with van der Waals surface area (Å²) in [6, 6.07) is 62.4. The molecule has 0 aromatic heterocycles. The molecule has 0 bridgehead atoms. The van der Waals surface area contributed by atoms with Gasteiger partial charge in [0.2, 0.25) is 0 Å². The third-order valence-electron chi connectivity index (χ3n) is 9.50. The fourth-order valence-electron chi connectivity index (χ4n) is 7.53. The summed E-state index contributed by atoms with van der Waals surface area (Å²) in [7, 11) is 0. The molecule has 1 aliphatic carbocycles. The molecule has 1 aliphatic rings. The zero-order chi connectivity index (χ0) is 29.7. The maximum absolute atomic E-state index is 2.43. The van der Waals surface area contributed by atoms with E-state index in [4.69, 9.17) is 0 Å². The van der Waals surface area contributed by atoms with E-state index >= 15 is 0 Å². The monoisotopic (exact) mass is 570 g/mol. The van der Waals surface area contributed by atoms with E-state index in [0.29, 0.717) is 0 Å². The summed E-state index contributed by atoms with van der Waals surface area (Å²) < 4.78 is 0. The van der Waals surface area contributed by atoms with E-state index in [-0.39, 0.29) is 0 Å². The van der Waals surface area contributed by atoms with E-state index in [0.717, 1.165) is 6.42 Å². The molecular formula is C45H30. The molecule has 210 valence electrons. The minimum absolute atomic E-state index is 1.00. The Hall–Kier alpha value is -5.72. The summed E-state index contributed by atoms with van der Waals surface area (Å²) in [6.07, 6.45) is 1.00. The molecule has 0 heteroatoms. The van der Waals surface area contributed by atoms with Crippen molar-refractivity contribution in [1.82, 2.24) is 0 Å². The van der Waals surface area contributed by atoms with E-state index in [1.807, 2.05) is 0 Å². The molecule has 45 heavy (non-hydrogen) atoms. The largest absolute Gasteiger partial charge is 0.0622 e. The maximum Gasteiger partial charge on any atom is -0.00134 e. The minimum atomic E-state index is 1.00. The summed E-state index contributed by atoms with van der Waals surface area (Å²) in [6.45, 7) is 0. The molecule has 0 atom stereocenters. The zero-order valence-corrected chi connectivity index (χ0v) is 24.9. The van der Waals surface area contributed by atoms with Crippen LogP contribution in [-0.4, -0.2) is 0 Å². The summed E-state index contributed by atoms with van der Waals surface area (Å²) in [5.41, 5.74) is 15.6. The fourth-order valence-corrected chi connectivity index (χ4v) is 7.53. The third-order valence-corrected chi connectivity index (χ3v) is 9.50. The Labute approximate surface area is 263 Å². The average molecular weight is 571 g/mol. The lowest BCUT2D eigenvalue weighted by Crippen LogP contribution is -1.95. The fraction of sp³-hybridized carbons (Fsp3) is 0.0222. The van der Waals surface area contributed by atoms with Crippen LogP contribution in [0.25, 0.3) is 77.2 Å². The second-order valence-corrected chi connectivity index (χ2v) is 12.0. The molecule has 0 N–H and O–H groups in total. The molecule has 0 aliphatic heterocycles. The SMILES string of the molecule is c1ccc(-c2cccc(-c3ccccc3)c2-c2c3ccccc3c(-c3ccc4c(c3)-c3ccccc3C4)c3ccccc23)cc1. The van der Waals surface area contributed by atoms with Crippen molar-refractivity contribution in [1.29, 1.82) is 0 Å². The van der Waals surface area contributed by atoms with Crippen molar-refractivity contribution in [3.8, 4) is 55.6 Å². The molecule has 8 aromatic rings. The first kappa shape index (κ1) is 25.7. The molecule has 0 saturated carbocycles. The zero-order valence-electron chi connectivity index (χ0n) is 24.9. The molecule has 0 amide bonds. The molecule has 0 heterocycles. The Bertz CT molecular complexity index is 2260. The second kappa shape index (κ2) is 10.5.